The number of rotatable bonds is 5. The second-order valence-electron chi connectivity index (χ2n) is 7.34. The number of primary amides is 1. The number of amides is 1. The van der Waals surface area contributed by atoms with Crippen molar-refractivity contribution >= 4 is 40.7 Å². The van der Waals surface area contributed by atoms with E-state index in [-0.39, 0.29) is 23.1 Å². The molecule has 1 aliphatic rings. The molecule has 3 N–H and O–H groups in total. The lowest BCUT2D eigenvalue weighted by molar-refractivity contribution is 0.0997. The number of carbonyl (C=O) groups is 1. The quantitative estimate of drug-likeness (QED) is 0.593. The highest BCUT2D eigenvalue weighted by Gasteiger charge is 2.24. The molecule has 0 atom stereocenters. The Bertz CT molecular complexity index is 1150. The van der Waals surface area contributed by atoms with Crippen molar-refractivity contribution in [1.82, 2.24) is 14.9 Å². The van der Waals surface area contributed by atoms with Crippen LogP contribution in [-0.4, -0.2) is 41.5 Å². The van der Waals surface area contributed by atoms with E-state index in [1.807, 2.05) is 6.07 Å². The van der Waals surface area contributed by atoms with Gasteiger partial charge < -0.3 is 20.7 Å². The lowest BCUT2D eigenvalue weighted by Crippen LogP contribution is -2.26. The van der Waals surface area contributed by atoms with E-state index in [1.54, 1.807) is 18.2 Å². The molecule has 4 rings (SSSR count). The number of fused-ring (bicyclic) bond motifs is 1. The molecule has 1 aromatic heterocycles. The largest absolute Gasteiger partial charge is 0.480 e. The topological polar surface area (TPSA) is 93.4 Å². The van der Waals surface area contributed by atoms with Crippen LogP contribution in [0.4, 0.5) is 11.6 Å². The summed E-state index contributed by atoms with van der Waals surface area (Å²) in [4.78, 5) is 23.4. The summed E-state index contributed by atoms with van der Waals surface area (Å²) >= 11 is 12.8. The van der Waals surface area contributed by atoms with Crippen LogP contribution >= 0.6 is 23.2 Å². The molecule has 31 heavy (non-hydrogen) atoms. The van der Waals surface area contributed by atoms with Gasteiger partial charge in [-0.3, -0.25) is 4.79 Å². The van der Waals surface area contributed by atoms with E-state index in [1.165, 1.54) is 18.2 Å². The molecule has 2 aromatic carbocycles. The Hall–Kier alpha value is -2.87. The van der Waals surface area contributed by atoms with E-state index < -0.39 is 5.91 Å². The summed E-state index contributed by atoms with van der Waals surface area (Å²) < 4.78 is 5.35. The first-order valence-corrected chi connectivity index (χ1v) is 10.4. The summed E-state index contributed by atoms with van der Waals surface area (Å²) in [7, 11) is 3.50. The second kappa shape index (κ2) is 8.70. The number of likely N-dealkylation sites (N-methyl/N-ethyl adjacent to an activating group) is 1. The van der Waals surface area contributed by atoms with Crippen LogP contribution < -0.4 is 15.8 Å². The van der Waals surface area contributed by atoms with Gasteiger partial charge in [0.15, 0.2) is 0 Å². The number of nitrogens with two attached hydrogens (primary N) is 1. The smallest absolute Gasteiger partial charge is 0.256 e. The molecule has 0 saturated carbocycles. The molecule has 9 heteroatoms. The van der Waals surface area contributed by atoms with Crippen molar-refractivity contribution in [3.8, 4) is 17.1 Å². The molecule has 1 amide bonds. The lowest BCUT2D eigenvalue weighted by Gasteiger charge is -2.25. The van der Waals surface area contributed by atoms with Crippen molar-refractivity contribution in [2.75, 3.05) is 26.0 Å². The minimum absolute atomic E-state index is 0.00937. The number of methoxy groups -OCH3 is 1. The summed E-state index contributed by atoms with van der Waals surface area (Å²) in [5, 5.41) is 3.86. The SMILES string of the molecule is COc1nc(Nc2ccc3c(c2)CN(C)CC3)nc(-c2c(Cl)cccc2Cl)c1C(N)=O. The average molecular weight is 458 g/mol. The van der Waals surface area contributed by atoms with Gasteiger partial charge in [-0.05, 0) is 48.9 Å². The molecule has 0 spiro atoms. The predicted octanol–water partition coefficient (Wildman–Crippen LogP) is 4.29. The molecule has 0 bridgehead atoms. The van der Waals surface area contributed by atoms with Crippen molar-refractivity contribution < 1.29 is 9.53 Å². The monoisotopic (exact) mass is 457 g/mol. The fraction of sp³-hybridized carbons (Fsp3) is 0.227. The first kappa shape index (κ1) is 21.4. The third kappa shape index (κ3) is 4.30. The maximum absolute atomic E-state index is 12.2. The molecule has 0 radical (unpaired) electrons. The number of benzene rings is 2. The molecular formula is C22H21Cl2N5O2. The van der Waals surface area contributed by atoms with Crippen LogP contribution in [0.1, 0.15) is 21.5 Å². The van der Waals surface area contributed by atoms with Crippen LogP contribution in [0.2, 0.25) is 10.0 Å². The van der Waals surface area contributed by atoms with Crippen LogP contribution in [0.15, 0.2) is 36.4 Å². The maximum atomic E-state index is 12.2. The molecule has 0 fully saturated rings. The number of aromatic nitrogens is 2. The average Bonchev–Trinajstić information content (AvgIpc) is 2.72. The molecule has 2 heterocycles. The summed E-state index contributed by atoms with van der Waals surface area (Å²) in [6.45, 7) is 1.91. The van der Waals surface area contributed by atoms with Crippen LogP contribution in [-0.2, 0) is 13.0 Å². The Labute approximate surface area is 190 Å². The minimum Gasteiger partial charge on any atom is -0.480 e. The standard InChI is InChI=1S/C22H21Cl2N5O2/c1-29-9-8-12-6-7-14(10-13(12)11-29)26-22-27-19(17-15(23)4-3-5-16(17)24)18(20(25)30)21(28-22)31-2/h3-7,10H,8-9,11H2,1-2H3,(H2,25,30)(H,26,27,28). The van der Waals surface area contributed by atoms with Gasteiger partial charge in [0.1, 0.15) is 5.56 Å². The number of ether oxygens (including phenoxy) is 1. The Morgan fingerprint density at radius 3 is 2.58 bits per heavy atom. The summed E-state index contributed by atoms with van der Waals surface area (Å²) in [5.74, 6) is -0.475. The van der Waals surface area contributed by atoms with E-state index in [4.69, 9.17) is 33.7 Å². The van der Waals surface area contributed by atoms with E-state index in [2.05, 4.69) is 39.4 Å². The van der Waals surface area contributed by atoms with Crippen LogP contribution in [0, 0.1) is 0 Å². The number of hydrogen-bond acceptors (Lipinski definition) is 6. The van der Waals surface area contributed by atoms with E-state index in [9.17, 15) is 4.79 Å². The van der Waals surface area contributed by atoms with Crippen LogP contribution in [0.3, 0.4) is 0 Å². The third-order valence-electron chi connectivity index (χ3n) is 5.18. The Morgan fingerprint density at radius 1 is 1.16 bits per heavy atom. The van der Waals surface area contributed by atoms with Gasteiger partial charge in [0.05, 0.1) is 22.8 Å². The number of nitrogens with one attached hydrogen (secondary N) is 1. The number of nitrogens with zero attached hydrogens (tertiary/aromatic N) is 3. The van der Waals surface area contributed by atoms with E-state index >= 15 is 0 Å². The highest BCUT2D eigenvalue weighted by molar-refractivity contribution is 6.39. The van der Waals surface area contributed by atoms with Crippen molar-refractivity contribution in [3.05, 3.63) is 63.1 Å². The highest BCUT2D eigenvalue weighted by atomic mass is 35.5. The van der Waals surface area contributed by atoms with Crippen molar-refractivity contribution in [3.63, 3.8) is 0 Å². The van der Waals surface area contributed by atoms with Gasteiger partial charge in [-0.1, -0.05) is 35.3 Å². The van der Waals surface area contributed by atoms with Crippen LogP contribution in [0.25, 0.3) is 11.3 Å². The van der Waals surface area contributed by atoms with E-state index in [0.29, 0.717) is 15.6 Å². The zero-order valence-electron chi connectivity index (χ0n) is 17.1. The van der Waals surface area contributed by atoms with Crippen LogP contribution in [0.5, 0.6) is 5.88 Å². The first-order valence-electron chi connectivity index (χ1n) is 9.65. The summed E-state index contributed by atoms with van der Waals surface area (Å²) in [6.07, 6.45) is 1.01. The fourth-order valence-electron chi connectivity index (χ4n) is 3.68. The molecule has 3 aromatic rings. The fourth-order valence-corrected chi connectivity index (χ4v) is 4.25. The number of anilines is 2. The molecule has 160 valence electrons. The van der Waals surface area contributed by atoms with Gasteiger partial charge >= 0.3 is 0 Å². The van der Waals surface area contributed by atoms with Gasteiger partial charge in [-0.15, -0.1) is 0 Å². The van der Waals surface area contributed by atoms with Crippen molar-refractivity contribution in [2.24, 2.45) is 5.73 Å². The van der Waals surface area contributed by atoms with Crippen molar-refractivity contribution in [1.29, 1.82) is 0 Å². The summed E-state index contributed by atoms with van der Waals surface area (Å²) in [5.41, 5.74) is 9.60. The first-order chi connectivity index (χ1) is 14.9. The Kier molecular flexibility index (Phi) is 6.00. The van der Waals surface area contributed by atoms with Gasteiger partial charge in [0.2, 0.25) is 11.8 Å². The van der Waals surface area contributed by atoms with Crippen molar-refractivity contribution in [2.45, 2.75) is 13.0 Å². The second-order valence-corrected chi connectivity index (χ2v) is 8.15. The molecule has 1 aliphatic heterocycles. The number of hydrogen-bond donors (Lipinski definition) is 2. The van der Waals surface area contributed by atoms with Gasteiger partial charge in [0.25, 0.3) is 5.91 Å². The van der Waals surface area contributed by atoms with Gasteiger partial charge in [0, 0.05) is 24.3 Å². The maximum Gasteiger partial charge on any atom is 0.256 e. The highest BCUT2D eigenvalue weighted by Crippen LogP contribution is 2.38. The Morgan fingerprint density at radius 2 is 1.90 bits per heavy atom. The summed E-state index contributed by atoms with van der Waals surface area (Å²) in [6, 6.07) is 11.2. The normalized spacial score (nSPS) is 13.5. The van der Waals surface area contributed by atoms with Gasteiger partial charge in [-0.2, -0.15) is 4.98 Å². The molecule has 7 nitrogen and oxygen atoms in total. The number of halogens is 2. The molecular weight excluding hydrogens is 437 g/mol. The zero-order chi connectivity index (χ0) is 22.1. The zero-order valence-corrected chi connectivity index (χ0v) is 18.6. The predicted molar refractivity (Wildman–Crippen MR) is 122 cm³/mol. The molecule has 0 saturated heterocycles. The minimum atomic E-state index is -0.744. The van der Waals surface area contributed by atoms with E-state index in [0.717, 1.165) is 25.2 Å². The Balaban J connectivity index is 1.81. The number of carbonyl (C=O) groups excluding carboxylic acids is 1. The lowest BCUT2D eigenvalue weighted by atomic mass is 9.99. The molecule has 0 aliphatic carbocycles. The third-order valence-corrected chi connectivity index (χ3v) is 5.81. The van der Waals surface area contributed by atoms with Gasteiger partial charge in [-0.25, -0.2) is 4.98 Å². The molecule has 0 unspecified atom stereocenters.